The first-order valence-electron chi connectivity index (χ1n) is 5.58. The number of carbonyl (C=O) groups is 1. The van der Waals surface area contributed by atoms with Gasteiger partial charge in [0.15, 0.2) is 6.10 Å². The molecule has 0 saturated heterocycles. The Labute approximate surface area is 94.9 Å². The predicted molar refractivity (Wildman–Crippen MR) is 60.0 cm³/mol. The molecule has 2 atom stereocenters. The van der Waals surface area contributed by atoms with Gasteiger partial charge in [0.25, 0.3) is 0 Å². The van der Waals surface area contributed by atoms with Crippen molar-refractivity contribution < 1.29 is 15.0 Å². The van der Waals surface area contributed by atoms with Crippen molar-refractivity contribution >= 4 is 5.97 Å². The Kier molecular flexibility index (Phi) is 8.29. The van der Waals surface area contributed by atoms with Crippen molar-refractivity contribution in [1.82, 2.24) is 0 Å². The van der Waals surface area contributed by atoms with Crippen molar-refractivity contribution in [2.24, 2.45) is 5.11 Å². The second kappa shape index (κ2) is 9.00. The Morgan fingerprint density at radius 2 is 2.00 bits per heavy atom. The van der Waals surface area contributed by atoms with Crippen LogP contribution >= 0.6 is 0 Å². The van der Waals surface area contributed by atoms with Crippen molar-refractivity contribution in [2.75, 3.05) is 0 Å². The molecule has 0 aliphatic heterocycles. The van der Waals surface area contributed by atoms with E-state index in [2.05, 4.69) is 16.9 Å². The molecule has 0 fully saturated rings. The number of hydrogen-bond acceptors (Lipinski definition) is 3. The van der Waals surface area contributed by atoms with Crippen LogP contribution in [0.1, 0.15) is 45.4 Å². The Morgan fingerprint density at radius 3 is 2.50 bits per heavy atom. The number of aliphatic hydroxyl groups excluding tert-OH is 1. The number of unbranched alkanes of at least 4 members (excludes halogenated alkanes) is 4. The smallest absolute Gasteiger partial charge is 0.332 e. The quantitative estimate of drug-likeness (QED) is 0.274. The van der Waals surface area contributed by atoms with Crippen LogP contribution in [0.2, 0.25) is 0 Å². The largest absolute Gasteiger partial charge is 0.479 e. The standard InChI is InChI=1S/C10H19N3O3/c1-2-3-4-5-6-7-8(12-13-11)9(14)10(15)16/h8-9,14H,2-7H2,1H3,(H,15,16)/t8-,9+/m1/s1. The SMILES string of the molecule is CCCCCCC[C@@H](N=[N+]=[N-])[C@H](O)C(=O)O. The van der Waals surface area contributed by atoms with Gasteiger partial charge in [-0.05, 0) is 12.0 Å². The summed E-state index contributed by atoms with van der Waals surface area (Å²) < 4.78 is 0. The molecule has 0 aromatic heterocycles. The maximum Gasteiger partial charge on any atom is 0.332 e. The number of aliphatic carboxylic acids is 1. The number of aliphatic hydroxyl groups is 1. The van der Waals surface area contributed by atoms with E-state index in [0.717, 1.165) is 32.1 Å². The molecule has 0 unspecified atom stereocenters. The first kappa shape index (κ1) is 14.7. The zero-order chi connectivity index (χ0) is 12.4. The predicted octanol–water partition coefficient (Wildman–Crippen LogP) is 2.47. The van der Waals surface area contributed by atoms with E-state index in [1.165, 1.54) is 0 Å². The van der Waals surface area contributed by atoms with Crippen LogP contribution in [0.3, 0.4) is 0 Å². The second-order valence-corrected chi connectivity index (χ2v) is 3.76. The molecule has 0 rings (SSSR count). The van der Waals surface area contributed by atoms with Crippen LogP contribution < -0.4 is 0 Å². The van der Waals surface area contributed by atoms with Gasteiger partial charge in [-0.3, -0.25) is 0 Å². The van der Waals surface area contributed by atoms with Gasteiger partial charge in [0, 0.05) is 4.91 Å². The molecule has 6 heteroatoms. The number of carboxylic acids is 1. The minimum Gasteiger partial charge on any atom is -0.479 e. The fourth-order valence-corrected chi connectivity index (χ4v) is 1.47. The Balaban J connectivity index is 3.95. The third kappa shape index (κ3) is 6.27. The monoisotopic (exact) mass is 229 g/mol. The average Bonchev–Trinajstić information content (AvgIpc) is 2.26. The summed E-state index contributed by atoms with van der Waals surface area (Å²) in [6.45, 7) is 2.11. The molecule has 0 radical (unpaired) electrons. The van der Waals surface area contributed by atoms with Crippen LogP contribution in [-0.4, -0.2) is 28.3 Å². The molecule has 6 nitrogen and oxygen atoms in total. The highest BCUT2D eigenvalue weighted by molar-refractivity contribution is 5.72. The molecular formula is C10H19N3O3. The highest BCUT2D eigenvalue weighted by Gasteiger charge is 2.23. The summed E-state index contributed by atoms with van der Waals surface area (Å²) in [5, 5.41) is 21.2. The first-order chi connectivity index (χ1) is 7.63. The van der Waals surface area contributed by atoms with Gasteiger partial charge in [-0.15, -0.1) is 0 Å². The van der Waals surface area contributed by atoms with Crippen molar-refractivity contribution in [3.63, 3.8) is 0 Å². The van der Waals surface area contributed by atoms with Crippen LogP contribution in [-0.2, 0) is 4.79 Å². The van der Waals surface area contributed by atoms with E-state index in [4.69, 9.17) is 10.6 Å². The molecule has 2 N–H and O–H groups in total. The number of carboxylic acid groups (broad SMARTS) is 1. The lowest BCUT2D eigenvalue weighted by Crippen LogP contribution is -2.32. The van der Waals surface area contributed by atoms with Crippen LogP contribution in [0.4, 0.5) is 0 Å². The van der Waals surface area contributed by atoms with Gasteiger partial charge in [-0.1, -0.05) is 44.1 Å². The van der Waals surface area contributed by atoms with E-state index in [-0.39, 0.29) is 0 Å². The maximum atomic E-state index is 10.5. The summed E-state index contributed by atoms with van der Waals surface area (Å²) in [5.41, 5.74) is 8.26. The number of hydrogen-bond donors (Lipinski definition) is 2. The molecule has 16 heavy (non-hydrogen) atoms. The minimum absolute atomic E-state index is 0.418. The van der Waals surface area contributed by atoms with Gasteiger partial charge in [0.2, 0.25) is 0 Å². The van der Waals surface area contributed by atoms with E-state index in [1.807, 2.05) is 0 Å². The topological polar surface area (TPSA) is 106 Å². The lowest BCUT2D eigenvalue weighted by molar-refractivity contribution is -0.147. The summed E-state index contributed by atoms with van der Waals surface area (Å²) in [6.07, 6.45) is 3.93. The van der Waals surface area contributed by atoms with Crippen LogP contribution in [0.25, 0.3) is 10.4 Å². The average molecular weight is 229 g/mol. The fraction of sp³-hybridized carbons (Fsp3) is 0.900. The van der Waals surface area contributed by atoms with Gasteiger partial charge >= 0.3 is 5.97 Å². The van der Waals surface area contributed by atoms with Crippen LogP contribution in [0.5, 0.6) is 0 Å². The molecule has 0 heterocycles. The van der Waals surface area contributed by atoms with Gasteiger partial charge in [-0.25, -0.2) is 4.79 Å². The maximum absolute atomic E-state index is 10.5. The van der Waals surface area contributed by atoms with E-state index in [0.29, 0.717) is 6.42 Å². The van der Waals surface area contributed by atoms with Crippen LogP contribution in [0.15, 0.2) is 5.11 Å². The number of rotatable bonds is 9. The number of azide groups is 1. The third-order valence-corrected chi connectivity index (χ3v) is 2.42. The molecule has 0 spiro atoms. The molecule has 0 bridgehead atoms. The number of nitrogens with zero attached hydrogens (tertiary/aromatic N) is 3. The van der Waals surface area contributed by atoms with Gasteiger partial charge < -0.3 is 10.2 Å². The highest BCUT2D eigenvalue weighted by Crippen LogP contribution is 2.12. The summed E-state index contributed by atoms with van der Waals surface area (Å²) in [6, 6.07) is -0.857. The molecule has 0 amide bonds. The molecule has 0 saturated carbocycles. The van der Waals surface area contributed by atoms with E-state index < -0.39 is 18.1 Å². The zero-order valence-electron chi connectivity index (χ0n) is 9.54. The lowest BCUT2D eigenvalue weighted by Gasteiger charge is -2.13. The van der Waals surface area contributed by atoms with Crippen molar-refractivity contribution in [1.29, 1.82) is 0 Å². The Hall–Kier alpha value is -1.26. The summed E-state index contributed by atoms with van der Waals surface area (Å²) >= 11 is 0. The zero-order valence-corrected chi connectivity index (χ0v) is 9.54. The second-order valence-electron chi connectivity index (χ2n) is 3.76. The first-order valence-corrected chi connectivity index (χ1v) is 5.58. The Morgan fingerprint density at radius 1 is 1.38 bits per heavy atom. The van der Waals surface area contributed by atoms with Gasteiger partial charge in [0.05, 0.1) is 6.04 Å². The normalized spacial score (nSPS) is 13.9. The minimum atomic E-state index is -1.60. The highest BCUT2D eigenvalue weighted by atomic mass is 16.4. The molecule has 0 aromatic rings. The van der Waals surface area contributed by atoms with Crippen LogP contribution in [0, 0.1) is 0 Å². The van der Waals surface area contributed by atoms with Crippen molar-refractivity contribution in [3.8, 4) is 0 Å². The lowest BCUT2D eigenvalue weighted by atomic mass is 10.0. The molecule has 0 aliphatic carbocycles. The van der Waals surface area contributed by atoms with E-state index in [1.54, 1.807) is 0 Å². The van der Waals surface area contributed by atoms with Crippen molar-refractivity contribution in [2.45, 2.75) is 57.6 Å². The fourth-order valence-electron chi connectivity index (χ4n) is 1.47. The summed E-state index contributed by atoms with van der Waals surface area (Å²) in [5.74, 6) is -1.34. The van der Waals surface area contributed by atoms with Crippen molar-refractivity contribution in [3.05, 3.63) is 10.4 Å². The summed E-state index contributed by atoms with van der Waals surface area (Å²) in [7, 11) is 0. The molecule has 0 aromatic carbocycles. The molecular weight excluding hydrogens is 210 g/mol. The third-order valence-electron chi connectivity index (χ3n) is 2.42. The van der Waals surface area contributed by atoms with Gasteiger partial charge in [-0.2, -0.15) is 0 Å². The van der Waals surface area contributed by atoms with Gasteiger partial charge in [0.1, 0.15) is 0 Å². The molecule has 0 aliphatic rings. The summed E-state index contributed by atoms with van der Waals surface area (Å²) in [4.78, 5) is 13.1. The Bertz CT molecular complexity index is 252. The molecule has 92 valence electrons. The van der Waals surface area contributed by atoms with E-state index in [9.17, 15) is 9.90 Å². The van der Waals surface area contributed by atoms with E-state index >= 15 is 0 Å².